The molecular formula is C19H23N3O6. The second kappa shape index (κ2) is 10.9. The largest absolute Gasteiger partial charge is 0.484 e. The minimum absolute atomic E-state index is 0.0641. The summed E-state index contributed by atoms with van der Waals surface area (Å²) in [5.41, 5.74) is 6.44. The lowest BCUT2D eigenvalue weighted by Crippen LogP contribution is -2.14. The molecule has 3 N–H and O–H groups in total. The van der Waals surface area contributed by atoms with Crippen molar-refractivity contribution >= 4 is 23.0 Å². The van der Waals surface area contributed by atoms with Crippen molar-refractivity contribution < 1.29 is 23.9 Å². The molecule has 0 aliphatic carbocycles. The van der Waals surface area contributed by atoms with E-state index >= 15 is 0 Å². The third-order valence-corrected chi connectivity index (χ3v) is 3.69. The highest BCUT2D eigenvalue weighted by Gasteiger charge is 2.19. The molecule has 0 saturated heterocycles. The van der Waals surface area contributed by atoms with Gasteiger partial charge in [-0.3, -0.25) is 14.9 Å². The quantitative estimate of drug-likeness (QED) is 0.262. The number of nitrogens with one attached hydrogen (secondary N) is 1. The fraction of sp³-hybridized carbons (Fsp3) is 0.316. The van der Waals surface area contributed by atoms with Gasteiger partial charge in [0.1, 0.15) is 6.61 Å². The fourth-order valence-corrected chi connectivity index (χ4v) is 2.30. The number of amides is 1. The molecule has 0 aliphatic heterocycles. The average molecular weight is 389 g/mol. The highest BCUT2D eigenvalue weighted by molar-refractivity contribution is 6.06. The van der Waals surface area contributed by atoms with Gasteiger partial charge < -0.3 is 25.3 Å². The van der Waals surface area contributed by atoms with Crippen LogP contribution in [0.4, 0.5) is 17.1 Å². The maximum atomic E-state index is 12.4. The molecular weight excluding hydrogens is 366 g/mol. The zero-order chi connectivity index (χ0) is 20.4. The van der Waals surface area contributed by atoms with Crippen LogP contribution in [-0.4, -0.2) is 43.9 Å². The monoisotopic (exact) mass is 389 g/mol. The molecule has 2 rings (SSSR count). The molecule has 1 amide bonds. The van der Waals surface area contributed by atoms with Crippen LogP contribution in [0.1, 0.15) is 17.3 Å². The van der Waals surface area contributed by atoms with Gasteiger partial charge in [0.2, 0.25) is 0 Å². The Morgan fingerprint density at radius 1 is 1.11 bits per heavy atom. The summed E-state index contributed by atoms with van der Waals surface area (Å²) >= 11 is 0. The van der Waals surface area contributed by atoms with Gasteiger partial charge in [-0.1, -0.05) is 12.1 Å². The van der Waals surface area contributed by atoms with E-state index in [4.69, 9.17) is 19.9 Å². The van der Waals surface area contributed by atoms with Crippen LogP contribution in [0.5, 0.6) is 5.75 Å². The molecule has 2 aromatic rings. The number of benzene rings is 2. The van der Waals surface area contributed by atoms with Gasteiger partial charge in [-0.25, -0.2) is 0 Å². The zero-order valence-corrected chi connectivity index (χ0v) is 15.6. The summed E-state index contributed by atoms with van der Waals surface area (Å²) in [7, 11) is 0. The third kappa shape index (κ3) is 6.22. The number of carbonyl (C=O) groups excluding carboxylic acids is 1. The summed E-state index contributed by atoms with van der Waals surface area (Å²) in [6.45, 7) is 3.80. The molecule has 0 atom stereocenters. The van der Waals surface area contributed by atoms with Crippen molar-refractivity contribution in [2.24, 2.45) is 0 Å². The summed E-state index contributed by atoms with van der Waals surface area (Å²) in [6.07, 6.45) is 0. The number of hydrogen-bond acceptors (Lipinski definition) is 7. The predicted octanol–water partition coefficient (Wildman–Crippen LogP) is 2.86. The highest BCUT2D eigenvalue weighted by Crippen LogP contribution is 2.28. The lowest BCUT2D eigenvalue weighted by Gasteiger charge is -2.10. The molecule has 0 aliphatic rings. The standard InChI is InChI=1S/C19H23N3O6/c1-2-26-9-10-27-11-12-28-18-8-7-14(13-17(18)22(24)25)19(23)21-16-6-4-3-5-15(16)20/h3-8,13H,2,9-12,20H2,1H3,(H,21,23). The van der Waals surface area contributed by atoms with E-state index in [0.29, 0.717) is 31.2 Å². The first-order valence-electron chi connectivity index (χ1n) is 8.75. The first kappa shape index (κ1) is 21.1. The molecule has 28 heavy (non-hydrogen) atoms. The van der Waals surface area contributed by atoms with E-state index in [-0.39, 0.29) is 30.2 Å². The van der Waals surface area contributed by atoms with Gasteiger partial charge in [0.15, 0.2) is 5.75 Å². The Kier molecular flexibility index (Phi) is 8.19. The van der Waals surface area contributed by atoms with Crippen LogP contribution in [-0.2, 0) is 9.47 Å². The fourth-order valence-electron chi connectivity index (χ4n) is 2.30. The molecule has 0 saturated carbocycles. The number of ether oxygens (including phenoxy) is 3. The van der Waals surface area contributed by atoms with Crippen LogP contribution in [0.25, 0.3) is 0 Å². The number of nitrogens with two attached hydrogens (primary N) is 1. The number of nitrogens with zero attached hydrogens (tertiary/aromatic N) is 1. The van der Waals surface area contributed by atoms with E-state index in [1.54, 1.807) is 24.3 Å². The first-order chi connectivity index (χ1) is 13.5. The van der Waals surface area contributed by atoms with E-state index in [0.717, 1.165) is 0 Å². The summed E-state index contributed by atoms with van der Waals surface area (Å²) < 4.78 is 15.9. The first-order valence-corrected chi connectivity index (χ1v) is 8.75. The van der Waals surface area contributed by atoms with Gasteiger partial charge in [0.25, 0.3) is 5.91 Å². The van der Waals surface area contributed by atoms with Crippen LogP contribution in [0.2, 0.25) is 0 Å². The van der Waals surface area contributed by atoms with Crippen molar-refractivity contribution in [3.05, 3.63) is 58.1 Å². The van der Waals surface area contributed by atoms with Gasteiger partial charge in [0, 0.05) is 18.2 Å². The van der Waals surface area contributed by atoms with Crippen LogP contribution in [0.3, 0.4) is 0 Å². The Morgan fingerprint density at radius 3 is 2.54 bits per heavy atom. The molecule has 0 fully saturated rings. The number of anilines is 2. The van der Waals surface area contributed by atoms with Crippen molar-refractivity contribution in [2.45, 2.75) is 6.92 Å². The van der Waals surface area contributed by atoms with Gasteiger partial charge in [-0.2, -0.15) is 0 Å². The molecule has 0 radical (unpaired) electrons. The van der Waals surface area contributed by atoms with Crippen molar-refractivity contribution in [2.75, 3.05) is 44.1 Å². The number of nitrogen functional groups attached to an aromatic ring is 1. The Bertz CT molecular complexity index is 812. The van der Waals surface area contributed by atoms with E-state index in [1.807, 2.05) is 6.92 Å². The molecule has 0 unspecified atom stereocenters. The zero-order valence-electron chi connectivity index (χ0n) is 15.6. The molecule has 2 aromatic carbocycles. The van der Waals surface area contributed by atoms with Gasteiger partial charge in [-0.15, -0.1) is 0 Å². The minimum atomic E-state index is -0.598. The lowest BCUT2D eigenvalue weighted by atomic mass is 10.1. The number of carbonyl (C=O) groups is 1. The summed E-state index contributed by atoms with van der Waals surface area (Å²) in [4.78, 5) is 23.1. The van der Waals surface area contributed by atoms with E-state index in [2.05, 4.69) is 5.32 Å². The Balaban J connectivity index is 1.99. The Hall–Kier alpha value is -3.17. The average Bonchev–Trinajstić information content (AvgIpc) is 2.69. The molecule has 0 spiro atoms. The van der Waals surface area contributed by atoms with Crippen LogP contribution in [0.15, 0.2) is 42.5 Å². The second-order valence-corrected chi connectivity index (χ2v) is 5.64. The molecule has 0 heterocycles. The van der Waals surface area contributed by atoms with E-state index in [9.17, 15) is 14.9 Å². The highest BCUT2D eigenvalue weighted by atomic mass is 16.6. The normalized spacial score (nSPS) is 10.5. The number of nitro benzene ring substituents is 1. The lowest BCUT2D eigenvalue weighted by molar-refractivity contribution is -0.385. The molecule has 0 aromatic heterocycles. The number of hydrogen-bond donors (Lipinski definition) is 2. The number of nitro groups is 1. The van der Waals surface area contributed by atoms with Crippen LogP contribution >= 0.6 is 0 Å². The van der Waals surface area contributed by atoms with Crippen molar-refractivity contribution in [3.8, 4) is 5.75 Å². The van der Waals surface area contributed by atoms with Crippen molar-refractivity contribution in [1.29, 1.82) is 0 Å². The summed E-state index contributed by atoms with van der Waals surface area (Å²) in [5.74, 6) is -0.444. The number of para-hydroxylation sites is 2. The van der Waals surface area contributed by atoms with Crippen molar-refractivity contribution in [3.63, 3.8) is 0 Å². The molecule has 150 valence electrons. The van der Waals surface area contributed by atoms with E-state index in [1.165, 1.54) is 18.2 Å². The Morgan fingerprint density at radius 2 is 1.82 bits per heavy atom. The third-order valence-electron chi connectivity index (χ3n) is 3.69. The van der Waals surface area contributed by atoms with Gasteiger partial charge in [0.05, 0.1) is 36.1 Å². The molecule has 0 bridgehead atoms. The topological polar surface area (TPSA) is 126 Å². The maximum absolute atomic E-state index is 12.4. The number of rotatable bonds is 11. The van der Waals surface area contributed by atoms with Gasteiger partial charge in [-0.05, 0) is 31.2 Å². The van der Waals surface area contributed by atoms with Crippen LogP contribution in [0, 0.1) is 10.1 Å². The summed E-state index contributed by atoms with van der Waals surface area (Å²) in [5, 5.41) is 14.0. The Labute approximate surface area is 162 Å². The van der Waals surface area contributed by atoms with Crippen LogP contribution < -0.4 is 15.8 Å². The second-order valence-electron chi connectivity index (χ2n) is 5.64. The van der Waals surface area contributed by atoms with Crippen molar-refractivity contribution in [1.82, 2.24) is 0 Å². The molecule has 9 nitrogen and oxygen atoms in total. The van der Waals surface area contributed by atoms with E-state index < -0.39 is 10.8 Å². The predicted molar refractivity (Wildman–Crippen MR) is 105 cm³/mol. The molecule has 9 heteroatoms. The SMILES string of the molecule is CCOCCOCCOc1ccc(C(=O)Nc2ccccc2N)cc1[N+](=O)[O-]. The minimum Gasteiger partial charge on any atom is -0.484 e. The maximum Gasteiger partial charge on any atom is 0.311 e. The van der Waals surface area contributed by atoms with Gasteiger partial charge >= 0.3 is 5.69 Å². The smallest absolute Gasteiger partial charge is 0.311 e. The summed E-state index contributed by atoms with van der Waals surface area (Å²) in [6, 6.07) is 10.8.